The number of hydrogen-bond acceptors (Lipinski definition) is 3. The molecule has 0 heterocycles. The molecule has 3 nitrogen and oxygen atoms in total. The lowest BCUT2D eigenvalue weighted by atomic mass is 9.98. The number of esters is 1. The van der Waals surface area contributed by atoms with Gasteiger partial charge in [-0.3, -0.25) is 0 Å². The van der Waals surface area contributed by atoms with Crippen molar-refractivity contribution in [2.45, 2.75) is 39.0 Å². The summed E-state index contributed by atoms with van der Waals surface area (Å²) in [4.78, 5) is 11.2. The van der Waals surface area contributed by atoms with E-state index in [-0.39, 0.29) is 5.97 Å². The van der Waals surface area contributed by atoms with E-state index in [1.54, 1.807) is 13.2 Å². The first-order valence-electron chi connectivity index (χ1n) is 7.80. The maximum Gasteiger partial charge on any atom is 0.330 e. The van der Waals surface area contributed by atoms with E-state index in [9.17, 15) is 4.79 Å². The molecule has 1 rings (SSSR count). The molecular weight excluding hydrogens is 276 g/mol. The molecule has 0 fully saturated rings. The van der Waals surface area contributed by atoms with Gasteiger partial charge in [0.15, 0.2) is 0 Å². The Morgan fingerprint density at radius 2 is 1.82 bits per heavy atom. The van der Waals surface area contributed by atoms with Crippen LogP contribution in [0.25, 0.3) is 5.57 Å². The lowest BCUT2D eigenvalue weighted by molar-refractivity contribution is -0.134. The molecule has 0 saturated heterocycles. The first-order chi connectivity index (χ1) is 10.7. The number of carbonyl (C=O) groups is 1. The highest BCUT2D eigenvalue weighted by Crippen LogP contribution is 2.24. The highest BCUT2D eigenvalue weighted by Gasteiger charge is 2.02. The fourth-order valence-electron chi connectivity index (χ4n) is 2.18. The Labute approximate surface area is 133 Å². The summed E-state index contributed by atoms with van der Waals surface area (Å²) >= 11 is 0. The summed E-state index contributed by atoms with van der Waals surface area (Å²) in [5.41, 5.74) is 2.38. The Morgan fingerprint density at radius 3 is 2.41 bits per heavy atom. The van der Waals surface area contributed by atoms with Gasteiger partial charge in [0.2, 0.25) is 0 Å². The molecule has 22 heavy (non-hydrogen) atoms. The Bertz CT molecular complexity index is 498. The van der Waals surface area contributed by atoms with Crippen molar-refractivity contribution in [2.24, 2.45) is 0 Å². The average Bonchev–Trinajstić information content (AvgIpc) is 2.57. The van der Waals surface area contributed by atoms with Crippen LogP contribution >= 0.6 is 0 Å². The molecule has 120 valence electrons. The Hall–Kier alpha value is -2.03. The molecule has 0 radical (unpaired) electrons. The largest absolute Gasteiger partial charge is 0.497 e. The third-order valence-electron chi connectivity index (χ3n) is 3.49. The van der Waals surface area contributed by atoms with Gasteiger partial charge in [0, 0.05) is 6.08 Å². The van der Waals surface area contributed by atoms with E-state index in [1.807, 2.05) is 18.2 Å². The molecule has 1 aromatic rings. The van der Waals surface area contributed by atoms with E-state index >= 15 is 0 Å². The highest BCUT2D eigenvalue weighted by molar-refractivity contribution is 5.82. The van der Waals surface area contributed by atoms with Crippen LogP contribution in [0.5, 0.6) is 5.75 Å². The summed E-state index contributed by atoms with van der Waals surface area (Å²) in [6, 6.07) is 8.02. The van der Waals surface area contributed by atoms with E-state index in [0.29, 0.717) is 0 Å². The molecule has 0 aliphatic carbocycles. The predicted molar refractivity (Wildman–Crippen MR) is 90.9 cm³/mol. The number of unbranched alkanes of at least 4 members (excludes halogenated alkanes) is 3. The molecule has 0 aliphatic rings. The van der Waals surface area contributed by atoms with Gasteiger partial charge in [-0.05, 0) is 36.1 Å². The summed E-state index contributed by atoms with van der Waals surface area (Å²) in [5.74, 6) is 0.510. The van der Waals surface area contributed by atoms with Crippen LogP contribution in [-0.4, -0.2) is 20.2 Å². The number of rotatable bonds is 9. The van der Waals surface area contributed by atoms with Crippen molar-refractivity contribution in [3.63, 3.8) is 0 Å². The minimum atomic E-state index is -0.337. The van der Waals surface area contributed by atoms with Crippen molar-refractivity contribution in [3.05, 3.63) is 48.1 Å². The smallest absolute Gasteiger partial charge is 0.330 e. The molecule has 1 aromatic carbocycles. The average molecular weight is 302 g/mol. The van der Waals surface area contributed by atoms with Crippen molar-refractivity contribution in [1.29, 1.82) is 0 Å². The van der Waals surface area contributed by atoms with Crippen LogP contribution in [0.3, 0.4) is 0 Å². The summed E-state index contributed by atoms with van der Waals surface area (Å²) in [5, 5.41) is 0. The molecule has 0 bridgehead atoms. The van der Waals surface area contributed by atoms with Gasteiger partial charge in [0.25, 0.3) is 0 Å². The van der Waals surface area contributed by atoms with Gasteiger partial charge in [-0.1, -0.05) is 50.5 Å². The van der Waals surface area contributed by atoms with Crippen molar-refractivity contribution in [3.8, 4) is 5.75 Å². The normalized spacial score (nSPS) is 11.7. The fourth-order valence-corrected chi connectivity index (χ4v) is 2.18. The topological polar surface area (TPSA) is 35.5 Å². The first kappa shape index (κ1) is 18.0. The Kier molecular flexibility index (Phi) is 8.73. The Morgan fingerprint density at radius 1 is 1.09 bits per heavy atom. The second-order valence-electron chi connectivity index (χ2n) is 5.11. The van der Waals surface area contributed by atoms with Crippen LogP contribution in [0.2, 0.25) is 0 Å². The Balaban J connectivity index is 2.81. The van der Waals surface area contributed by atoms with Crippen LogP contribution in [0.4, 0.5) is 0 Å². The summed E-state index contributed by atoms with van der Waals surface area (Å²) in [6.45, 7) is 2.21. The number of carbonyl (C=O) groups excluding carboxylic acids is 1. The molecule has 0 N–H and O–H groups in total. The number of methoxy groups -OCH3 is 2. The monoisotopic (exact) mass is 302 g/mol. The molecule has 0 aromatic heterocycles. The van der Waals surface area contributed by atoms with Gasteiger partial charge in [0.1, 0.15) is 5.75 Å². The minimum absolute atomic E-state index is 0.337. The van der Waals surface area contributed by atoms with Gasteiger partial charge >= 0.3 is 5.97 Å². The zero-order valence-corrected chi connectivity index (χ0v) is 13.8. The maximum absolute atomic E-state index is 11.2. The second-order valence-corrected chi connectivity index (χ2v) is 5.11. The van der Waals surface area contributed by atoms with Crippen LogP contribution in [-0.2, 0) is 9.53 Å². The fraction of sp³-hybridized carbons (Fsp3) is 0.421. The highest BCUT2D eigenvalue weighted by atomic mass is 16.5. The van der Waals surface area contributed by atoms with Crippen LogP contribution < -0.4 is 4.74 Å². The maximum atomic E-state index is 11.2. The standard InChI is InChI=1S/C19H26O3/c1-4-5-6-7-9-16(10-8-11-19(20)22-3)17-12-14-18(21-2)15-13-17/h8,10-15H,4-7,9H2,1-3H3/b11-8+,16-10+. The lowest BCUT2D eigenvalue weighted by Gasteiger charge is -2.08. The number of hydrogen-bond donors (Lipinski definition) is 0. The minimum Gasteiger partial charge on any atom is -0.497 e. The molecule has 0 amide bonds. The number of benzene rings is 1. The van der Waals surface area contributed by atoms with Gasteiger partial charge in [0.05, 0.1) is 14.2 Å². The molecule has 0 atom stereocenters. The molecule has 0 aliphatic heterocycles. The van der Waals surface area contributed by atoms with Crippen molar-refractivity contribution >= 4 is 11.5 Å². The first-order valence-corrected chi connectivity index (χ1v) is 7.80. The van der Waals surface area contributed by atoms with E-state index < -0.39 is 0 Å². The van der Waals surface area contributed by atoms with Crippen molar-refractivity contribution in [2.75, 3.05) is 14.2 Å². The predicted octanol–water partition coefficient (Wildman–Crippen LogP) is 4.78. The van der Waals surface area contributed by atoms with E-state index in [4.69, 9.17) is 4.74 Å². The molecule has 0 saturated carbocycles. The summed E-state index contributed by atoms with van der Waals surface area (Å²) in [6.07, 6.45) is 11.0. The zero-order valence-electron chi connectivity index (χ0n) is 13.8. The lowest BCUT2D eigenvalue weighted by Crippen LogP contribution is -1.93. The molecular formula is C19H26O3. The van der Waals surface area contributed by atoms with Gasteiger partial charge in [-0.25, -0.2) is 4.79 Å². The number of allylic oxidation sites excluding steroid dienone is 3. The zero-order chi connectivity index (χ0) is 16.2. The van der Waals surface area contributed by atoms with E-state index in [1.165, 1.54) is 38.0 Å². The molecule has 0 spiro atoms. The van der Waals surface area contributed by atoms with Crippen LogP contribution in [0, 0.1) is 0 Å². The SMILES string of the molecule is CCCCCC/C(=C\C=C\C(=O)OC)c1ccc(OC)cc1. The van der Waals surface area contributed by atoms with Gasteiger partial charge in [-0.2, -0.15) is 0 Å². The third-order valence-corrected chi connectivity index (χ3v) is 3.49. The van der Waals surface area contributed by atoms with E-state index in [2.05, 4.69) is 23.8 Å². The third kappa shape index (κ3) is 6.61. The van der Waals surface area contributed by atoms with E-state index in [0.717, 1.165) is 24.2 Å². The molecule has 3 heteroatoms. The summed E-state index contributed by atoms with van der Waals surface area (Å²) < 4.78 is 9.80. The quantitative estimate of drug-likeness (QED) is 0.285. The van der Waals surface area contributed by atoms with Crippen LogP contribution in [0.15, 0.2) is 42.5 Å². The van der Waals surface area contributed by atoms with Crippen molar-refractivity contribution < 1.29 is 14.3 Å². The molecule has 0 unspecified atom stereocenters. The van der Waals surface area contributed by atoms with Gasteiger partial charge < -0.3 is 9.47 Å². The van der Waals surface area contributed by atoms with Crippen LogP contribution in [0.1, 0.15) is 44.6 Å². The van der Waals surface area contributed by atoms with Crippen molar-refractivity contribution in [1.82, 2.24) is 0 Å². The van der Waals surface area contributed by atoms with Gasteiger partial charge in [-0.15, -0.1) is 0 Å². The number of ether oxygens (including phenoxy) is 2. The second kappa shape index (κ2) is 10.7. The summed E-state index contributed by atoms with van der Waals surface area (Å²) in [7, 11) is 3.04.